The smallest absolute Gasteiger partial charge is 0.283 e. The summed E-state index contributed by atoms with van der Waals surface area (Å²) >= 11 is 7.32. The Bertz CT molecular complexity index is 602. The molecule has 1 fully saturated rings. The van der Waals surface area contributed by atoms with Crippen LogP contribution in [0.5, 0.6) is 0 Å². The van der Waals surface area contributed by atoms with E-state index in [9.17, 15) is 14.4 Å². The molecular weight excluding hydrogens is 326 g/mol. The largest absolute Gasteiger partial charge is 0.335 e. The molecule has 0 radical (unpaired) electrons. The number of amides is 4. The van der Waals surface area contributed by atoms with Crippen molar-refractivity contribution in [2.45, 2.75) is 20.4 Å². The van der Waals surface area contributed by atoms with Gasteiger partial charge >= 0.3 is 17.8 Å². The van der Waals surface area contributed by atoms with E-state index >= 15 is 0 Å². The van der Waals surface area contributed by atoms with E-state index in [1.54, 1.807) is 18.0 Å². The number of nitrogens with zero attached hydrogens (tertiary/aromatic N) is 3. The molecule has 6 nitrogen and oxygen atoms in total. The van der Waals surface area contributed by atoms with E-state index in [1.165, 1.54) is 11.3 Å². The lowest BCUT2D eigenvalue weighted by Crippen LogP contribution is -2.41. The predicted molar refractivity (Wildman–Crippen MR) is 84.5 cm³/mol. The molecule has 1 saturated heterocycles. The molecule has 2 heterocycles. The monoisotopic (exact) mass is 343 g/mol. The van der Waals surface area contributed by atoms with Crippen molar-refractivity contribution < 1.29 is 14.4 Å². The lowest BCUT2D eigenvalue weighted by Gasteiger charge is -2.22. The van der Waals surface area contributed by atoms with Crippen molar-refractivity contribution in [2.75, 3.05) is 20.3 Å². The van der Waals surface area contributed by atoms with Crippen LogP contribution in [-0.4, -0.2) is 52.8 Å². The second-order valence-corrected chi connectivity index (χ2v) is 7.49. The average molecular weight is 344 g/mol. The van der Waals surface area contributed by atoms with Crippen LogP contribution in [0.2, 0.25) is 4.34 Å². The quantitative estimate of drug-likeness (QED) is 0.587. The number of hydrogen-bond donors (Lipinski definition) is 0. The van der Waals surface area contributed by atoms with E-state index < -0.39 is 17.8 Å². The number of rotatable bonds is 6. The fourth-order valence-electron chi connectivity index (χ4n) is 2.20. The minimum absolute atomic E-state index is 0.0769. The van der Waals surface area contributed by atoms with Gasteiger partial charge in [-0.1, -0.05) is 25.4 Å². The van der Waals surface area contributed by atoms with Crippen LogP contribution in [-0.2, 0) is 16.1 Å². The molecule has 1 aliphatic heterocycles. The lowest BCUT2D eigenvalue weighted by molar-refractivity contribution is -0.144. The maximum Gasteiger partial charge on any atom is 0.335 e. The highest BCUT2D eigenvalue weighted by Crippen LogP contribution is 2.23. The third kappa shape index (κ3) is 3.66. The van der Waals surface area contributed by atoms with Crippen molar-refractivity contribution >= 4 is 40.8 Å². The topological polar surface area (TPSA) is 60.9 Å². The third-order valence-electron chi connectivity index (χ3n) is 3.12. The van der Waals surface area contributed by atoms with Gasteiger partial charge in [0.25, 0.3) is 0 Å². The third-order valence-corrected chi connectivity index (χ3v) is 4.34. The van der Waals surface area contributed by atoms with Crippen LogP contribution in [0.1, 0.15) is 18.7 Å². The SMILES string of the molecule is CC(C)CN1C(=O)C(=O)N(CN(C)Cc2ccc(Cl)s2)C1=O. The van der Waals surface area contributed by atoms with Crippen LogP contribution < -0.4 is 0 Å². The van der Waals surface area contributed by atoms with E-state index in [-0.39, 0.29) is 19.1 Å². The minimum atomic E-state index is -0.762. The molecule has 0 unspecified atom stereocenters. The molecule has 22 heavy (non-hydrogen) atoms. The van der Waals surface area contributed by atoms with E-state index in [4.69, 9.17) is 11.6 Å². The molecule has 1 aliphatic rings. The molecule has 0 N–H and O–H groups in total. The van der Waals surface area contributed by atoms with Crippen molar-refractivity contribution in [2.24, 2.45) is 5.92 Å². The fourth-order valence-corrected chi connectivity index (χ4v) is 3.36. The number of thiophene rings is 1. The summed E-state index contributed by atoms with van der Waals surface area (Å²) in [5, 5.41) is 0. The number of hydrogen-bond acceptors (Lipinski definition) is 5. The molecule has 1 aromatic heterocycles. The van der Waals surface area contributed by atoms with E-state index in [0.29, 0.717) is 10.9 Å². The molecule has 0 atom stereocenters. The van der Waals surface area contributed by atoms with Gasteiger partial charge in [-0.2, -0.15) is 0 Å². The van der Waals surface area contributed by atoms with E-state index in [1.807, 2.05) is 19.9 Å². The summed E-state index contributed by atoms with van der Waals surface area (Å²) in [5.74, 6) is -1.39. The van der Waals surface area contributed by atoms with Crippen LogP contribution in [0.25, 0.3) is 0 Å². The highest BCUT2D eigenvalue weighted by molar-refractivity contribution is 7.16. The van der Waals surface area contributed by atoms with Gasteiger partial charge in [0, 0.05) is 18.0 Å². The molecule has 0 bridgehead atoms. The number of carbonyl (C=O) groups excluding carboxylic acids is 3. The zero-order chi connectivity index (χ0) is 16.4. The van der Waals surface area contributed by atoms with Crippen LogP contribution in [0, 0.1) is 5.92 Å². The van der Waals surface area contributed by atoms with Crippen molar-refractivity contribution in [3.05, 3.63) is 21.3 Å². The number of imide groups is 2. The summed E-state index contributed by atoms with van der Waals surface area (Å²) in [5.41, 5.74) is 0. The number of halogens is 1. The molecule has 0 spiro atoms. The molecule has 0 saturated carbocycles. The second kappa shape index (κ2) is 6.76. The first-order valence-electron chi connectivity index (χ1n) is 6.89. The molecule has 120 valence electrons. The van der Waals surface area contributed by atoms with Gasteiger partial charge in [0.2, 0.25) is 0 Å². The van der Waals surface area contributed by atoms with Crippen molar-refractivity contribution in [1.82, 2.24) is 14.7 Å². The Morgan fingerprint density at radius 1 is 1.18 bits per heavy atom. The predicted octanol–water partition coefficient (Wildman–Crippen LogP) is 2.24. The van der Waals surface area contributed by atoms with E-state index in [0.717, 1.165) is 14.7 Å². The van der Waals surface area contributed by atoms with Crippen LogP contribution in [0.15, 0.2) is 12.1 Å². The van der Waals surface area contributed by atoms with Crippen LogP contribution in [0.3, 0.4) is 0 Å². The van der Waals surface area contributed by atoms with Gasteiger partial charge in [-0.3, -0.25) is 19.4 Å². The molecule has 4 amide bonds. The Hall–Kier alpha value is -1.44. The van der Waals surface area contributed by atoms with E-state index in [2.05, 4.69) is 0 Å². The summed E-state index contributed by atoms with van der Waals surface area (Å²) in [6, 6.07) is 3.16. The fraction of sp³-hybridized carbons (Fsp3) is 0.500. The van der Waals surface area contributed by atoms with Crippen molar-refractivity contribution in [3.63, 3.8) is 0 Å². The molecule has 0 aromatic carbocycles. The van der Waals surface area contributed by atoms with Crippen LogP contribution in [0.4, 0.5) is 4.79 Å². The first-order valence-corrected chi connectivity index (χ1v) is 8.09. The summed E-state index contributed by atoms with van der Waals surface area (Å²) in [4.78, 5) is 40.9. The van der Waals surface area contributed by atoms with Gasteiger partial charge in [-0.05, 0) is 25.1 Å². The maximum absolute atomic E-state index is 12.2. The second-order valence-electron chi connectivity index (χ2n) is 5.69. The average Bonchev–Trinajstić information content (AvgIpc) is 2.91. The zero-order valence-electron chi connectivity index (χ0n) is 12.7. The normalized spacial score (nSPS) is 15.8. The lowest BCUT2D eigenvalue weighted by atomic mass is 10.2. The van der Waals surface area contributed by atoms with Crippen molar-refractivity contribution in [1.29, 1.82) is 0 Å². The first-order chi connectivity index (χ1) is 10.3. The highest BCUT2D eigenvalue weighted by Gasteiger charge is 2.44. The van der Waals surface area contributed by atoms with Gasteiger partial charge in [-0.15, -0.1) is 11.3 Å². The Morgan fingerprint density at radius 2 is 1.82 bits per heavy atom. The summed E-state index contributed by atoms with van der Waals surface area (Å²) in [7, 11) is 1.78. The molecule has 8 heteroatoms. The number of urea groups is 1. The number of carbonyl (C=O) groups is 3. The summed E-state index contributed by atoms with van der Waals surface area (Å²) in [6.45, 7) is 4.66. The molecular formula is C14H18ClN3O3S. The Labute approximate surface area is 138 Å². The minimum Gasteiger partial charge on any atom is -0.283 e. The van der Waals surface area contributed by atoms with Gasteiger partial charge in [-0.25, -0.2) is 9.69 Å². The standard InChI is InChI=1S/C14H18ClN3O3S/c1-9(2)6-17-12(19)13(20)18(14(17)21)8-16(3)7-10-4-5-11(15)22-10/h4-5,9H,6-8H2,1-3H3. The van der Waals surface area contributed by atoms with Gasteiger partial charge in [0.1, 0.15) is 0 Å². The Balaban J connectivity index is 2.01. The summed E-state index contributed by atoms with van der Waals surface area (Å²) < 4.78 is 0.690. The van der Waals surface area contributed by atoms with Crippen LogP contribution >= 0.6 is 22.9 Å². The first kappa shape index (κ1) is 16.9. The molecule has 1 aromatic rings. The van der Waals surface area contributed by atoms with Crippen molar-refractivity contribution in [3.8, 4) is 0 Å². The van der Waals surface area contributed by atoms with Gasteiger partial charge in [0.05, 0.1) is 11.0 Å². The highest BCUT2D eigenvalue weighted by atomic mass is 35.5. The van der Waals surface area contributed by atoms with Gasteiger partial charge < -0.3 is 0 Å². The Kier molecular flexibility index (Phi) is 5.20. The molecule has 0 aliphatic carbocycles. The summed E-state index contributed by atoms with van der Waals surface area (Å²) in [6.07, 6.45) is 0. The maximum atomic E-state index is 12.2. The Morgan fingerprint density at radius 3 is 2.36 bits per heavy atom. The van der Waals surface area contributed by atoms with Gasteiger partial charge in [0.15, 0.2) is 0 Å². The molecule has 2 rings (SSSR count). The zero-order valence-corrected chi connectivity index (χ0v) is 14.3.